The molecule has 0 spiro atoms. The van der Waals surface area contributed by atoms with Crippen LogP contribution in [0.15, 0.2) is 53.3 Å². The Balaban J connectivity index is 1.37. The van der Waals surface area contributed by atoms with E-state index in [1.807, 2.05) is 55.5 Å². The number of hydrogen-bond donors (Lipinski definition) is 0. The number of hydrogen-bond acceptors (Lipinski definition) is 6. The van der Waals surface area contributed by atoms with Gasteiger partial charge in [-0.3, -0.25) is 23.6 Å². The van der Waals surface area contributed by atoms with Crippen LogP contribution < -0.4 is 10.6 Å². The fraction of sp³-hybridized carbons (Fsp3) is 0.273. The van der Waals surface area contributed by atoms with Gasteiger partial charge in [0.2, 0.25) is 0 Å². The number of imidazole rings is 1. The first-order valence-electron chi connectivity index (χ1n) is 9.95. The third-order valence-electron chi connectivity index (χ3n) is 5.08. The predicted molar refractivity (Wildman–Crippen MR) is 120 cm³/mol. The van der Waals surface area contributed by atoms with Crippen molar-refractivity contribution in [1.29, 1.82) is 0 Å². The van der Waals surface area contributed by atoms with Crippen molar-refractivity contribution in [3.05, 3.63) is 59.0 Å². The Labute approximate surface area is 182 Å². The number of ether oxygens (including phenoxy) is 1. The molecule has 0 saturated heterocycles. The minimum atomic E-state index is -0.534. The van der Waals surface area contributed by atoms with Gasteiger partial charge in [0.25, 0.3) is 5.91 Å². The number of amides is 1. The Morgan fingerprint density at radius 3 is 2.55 bits per heavy atom. The van der Waals surface area contributed by atoms with Crippen molar-refractivity contribution in [3.63, 3.8) is 0 Å². The first-order chi connectivity index (χ1) is 15.0. The molecule has 0 aliphatic heterocycles. The maximum atomic E-state index is 12.6. The third kappa shape index (κ3) is 4.09. The van der Waals surface area contributed by atoms with E-state index in [4.69, 9.17) is 4.74 Å². The van der Waals surface area contributed by atoms with Crippen LogP contribution in [-0.2, 0) is 27.9 Å². The number of para-hydroxylation sites is 3. The van der Waals surface area contributed by atoms with Gasteiger partial charge in [-0.1, -0.05) is 35.6 Å². The van der Waals surface area contributed by atoms with Gasteiger partial charge in [0, 0.05) is 20.1 Å². The molecule has 160 valence electrons. The number of esters is 1. The molecule has 0 bridgehead atoms. The summed E-state index contributed by atoms with van der Waals surface area (Å²) >= 11 is 1.42. The number of benzene rings is 2. The van der Waals surface area contributed by atoms with Crippen molar-refractivity contribution in [1.82, 2.24) is 14.1 Å². The van der Waals surface area contributed by atoms with E-state index >= 15 is 0 Å². The van der Waals surface area contributed by atoms with Crippen LogP contribution in [0.2, 0.25) is 0 Å². The molecule has 8 nitrogen and oxygen atoms in total. The number of likely N-dealkylation sites (N-methyl/N-ethyl adjacent to an activating group) is 1. The Morgan fingerprint density at radius 2 is 1.81 bits per heavy atom. The molecule has 0 N–H and O–H groups in total. The number of aromatic nitrogens is 3. The van der Waals surface area contributed by atoms with Crippen LogP contribution in [0.4, 0.5) is 5.13 Å². The molecule has 2 aromatic heterocycles. The lowest BCUT2D eigenvalue weighted by Crippen LogP contribution is -2.34. The highest BCUT2D eigenvalue weighted by Crippen LogP contribution is 2.28. The maximum Gasteiger partial charge on any atom is 0.328 e. The minimum Gasteiger partial charge on any atom is -0.455 e. The molecule has 0 saturated carbocycles. The summed E-state index contributed by atoms with van der Waals surface area (Å²) in [6.07, 6.45) is -0.00550. The van der Waals surface area contributed by atoms with E-state index in [1.165, 1.54) is 20.8 Å². The zero-order valence-corrected chi connectivity index (χ0v) is 18.1. The number of carbonyl (C=O) groups is 2. The Hall–Kier alpha value is -3.46. The summed E-state index contributed by atoms with van der Waals surface area (Å²) in [5, 5.41) is 0.576. The average molecular weight is 439 g/mol. The van der Waals surface area contributed by atoms with Crippen LogP contribution >= 0.6 is 11.3 Å². The number of thiazole rings is 1. The van der Waals surface area contributed by atoms with Crippen LogP contribution in [0, 0.1) is 0 Å². The summed E-state index contributed by atoms with van der Waals surface area (Å²) < 4.78 is 9.26. The fourth-order valence-electron chi connectivity index (χ4n) is 3.47. The van der Waals surface area contributed by atoms with Gasteiger partial charge in [-0.25, -0.2) is 9.78 Å². The molecule has 4 rings (SSSR count). The molecule has 0 radical (unpaired) electrons. The SMILES string of the molecule is CCN(C(=O)COC(=O)CCn1c(=O)n(C)c2ccccc21)c1nc2ccccc2s1. The maximum absolute atomic E-state index is 12.6. The molecule has 0 unspecified atom stereocenters. The third-order valence-corrected chi connectivity index (χ3v) is 6.14. The van der Waals surface area contributed by atoms with Crippen LogP contribution in [0.5, 0.6) is 0 Å². The van der Waals surface area contributed by atoms with E-state index in [0.717, 1.165) is 21.3 Å². The molecule has 1 amide bonds. The normalized spacial score (nSPS) is 11.2. The molecule has 0 fully saturated rings. The number of anilines is 1. The lowest BCUT2D eigenvalue weighted by Gasteiger charge is -2.17. The van der Waals surface area contributed by atoms with E-state index in [-0.39, 0.29) is 31.2 Å². The number of aryl methyl sites for hydroxylation is 2. The van der Waals surface area contributed by atoms with Crippen molar-refractivity contribution in [2.24, 2.45) is 7.05 Å². The molecule has 0 atom stereocenters. The van der Waals surface area contributed by atoms with Gasteiger partial charge in [0.1, 0.15) is 0 Å². The summed E-state index contributed by atoms with van der Waals surface area (Å²) in [7, 11) is 1.69. The van der Waals surface area contributed by atoms with Crippen molar-refractivity contribution in [3.8, 4) is 0 Å². The second kappa shape index (κ2) is 8.73. The van der Waals surface area contributed by atoms with Gasteiger partial charge in [0.15, 0.2) is 11.7 Å². The summed E-state index contributed by atoms with van der Waals surface area (Å²) in [6.45, 7) is 2.08. The highest BCUT2D eigenvalue weighted by molar-refractivity contribution is 7.22. The van der Waals surface area contributed by atoms with Gasteiger partial charge in [-0.15, -0.1) is 0 Å². The molecule has 2 aromatic carbocycles. The molecule has 0 aliphatic rings. The van der Waals surface area contributed by atoms with E-state index in [9.17, 15) is 14.4 Å². The van der Waals surface area contributed by atoms with Crippen molar-refractivity contribution in [2.45, 2.75) is 19.9 Å². The van der Waals surface area contributed by atoms with E-state index in [0.29, 0.717) is 11.7 Å². The van der Waals surface area contributed by atoms with Gasteiger partial charge in [0.05, 0.1) is 27.7 Å². The molecule has 9 heteroatoms. The van der Waals surface area contributed by atoms with Crippen LogP contribution in [0.3, 0.4) is 0 Å². The smallest absolute Gasteiger partial charge is 0.328 e. The Kier molecular flexibility index (Phi) is 5.85. The molecule has 0 aliphatic carbocycles. The first-order valence-corrected chi connectivity index (χ1v) is 10.8. The van der Waals surface area contributed by atoms with Crippen LogP contribution in [-0.4, -0.2) is 39.1 Å². The highest BCUT2D eigenvalue weighted by Gasteiger charge is 2.20. The van der Waals surface area contributed by atoms with Gasteiger partial charge >= 0.3 is 11.7 Å². The summed E-state index contributed by atoms with van der Waals surface area (Å²) in [5.41, 5.74) is 2.18. The summed E-state index contributed by atoms with van der Waals surface area (Å²) in [5.74, 6) is -0.870. The number of carbonyl (C=O) groups excluding carboxylic acids is 2. The van der Waals surface area contributed by atoms with Crippen molar-refractivity contribution in [2.75, 3.05) is 18.1 Å². The van der Waals surface area contributed by atoms with Crippen molar-refractivity contribution >= 4 is 49.6 Å². The van der Waals surface area contributed by atoms with Gasteiger partial charge < -0.3 is 4.74 Å². The monoisotopic (exact) mass is 438 g/mol. The average Bonchev–Trinajstić information content (AvgIpc) is 3.31. The largest absolute Gasteiger partial charge is 0.455 e. The zero-order chi connectivity index (χ0) is 22.0. The number of rotatable bonds is 7. The van der Waals surface area contributed by atoms with Crippen LogP contribution in [0.25, 0.3) is 21.3 Å². The molecular weight excluding hydrogens is 416 g/mol. The lowest BCUT2D eigenvalue weighted by atomic mass is 10.3. The molecule has 4 aromatic rings. The fourth-order valence-corrected chi connectivity index (χ4v) is 4.52. The van der Waals surface area contributed by atoms with Gasteiger partial charge in [-0.2, -0.15) is 0 Å². The summed E-state index contributed by atoms with van der Waals surface area (Å²) in [6, 6.07) is 15.0. The highest BCUT2D eigenvalue weighted by atomic mass is 32.1. The topological polar surface area (TPSA) is 86.4 Å². The summed E-state index contributed by atoms with van der Waals surface area (Å²) in [4.78, 5) is 43.3. The standard InChI is InChI=1S/C22H22N4O4S/c1-3-25(21-23-15-8-4-7-11-18(15)31-21)19(27)14-30-20(28)12-13-26-17-10-6-5-9-16(17)24(2)22(26)29/h4-11H,3,12-14H2,1-2H3. The zero-order valence-electron chi connectivity index (χ0n) is 17.3. The number of fused-ring (bicyclic) bond motifs is 2. The first kappa shape index (κ1) is 20.8. The molecular formula is C22H22N4O4S. The molecule has 2 heterocycles. The quantitative estimate of drug-likeness (QED) is 0.414. The number of nitrogens with zero attached hydrogens (tertiary/aromatic N) is 4. The second-order valence-corrected chi connectivity index (χ2v) is 8.00. The van der Waals surface area contributed by atoms with Crippen LogP contribution in [0.1, 0.15) is 13.3 Å². The second-order valence-electron chi connectivity index (χ2n) is 6.99. The molecule has 31 heavy (non-hydrogen) atoms. The Morgan fingerprint density at radius 1 is 1.10 bits per heavy atom. The van der Waals surface area contributed by atoms with Gasteiger partial charge in [-0.05, 0) is 31.2 Å². The van der Waals surface area contributed by atoms with E-state index < -0.39 is 5.97 Å². The van der Waals surface area contributed by atoms with E-state index in [2.05, 4.69) is 4.98 Å². The van der Waals surface area contributed by atoms with Crippen molar-refractivity contribution < 1.29 is 14.3 Å². The van der Waals surface area contributed by atoms with E-state index in [1.54, 1.807) is 11.6 Å². The predicted octanol–water partition coefficient (Wildman–Crippen LogP) is 2.94. The minimum absolute atomic E-state index is 0.00550. The Bertz CT molecular complexity index is 1290. The lowest BCUT2D eigenvalue weighted by molar-refractivity contribution is -0.148.